The second-order valence-electron chi connectivity index (χ2n) is 11.7. The van der Waals surface area contributed by atoms with E-state index in [1.54, 1.807) is 0 Å². The van der Waals surface area contributed by atoms with E-state index < -0.39 is 0 Å². The highest BCUT2D eigenvalue weighted by molar-refractivity contribution is 5.89. The van der Waals surface area contributed by atoms with Crippen molar-refractivity contribution in [3.8, 4) is 5.75 Å². The molecular weight excluding hydrogens is 438 g/mol. The summed E-state index contributed by atoms with van der Waals surface area (Å²) in [5.41, 5.74) is 3.31. The maximum absolute atomic E-state index is 12.9. The van der Waals surface area contributed by atoms with Crippen LogP contribution in [-0.4, -0.2) is 41.1 Å². The molecule has 0 aliphatic carbocycles. The van der Waals surface area contributed by atoms with Gasteiger partial charge in [-0.15, -0.1) is 0 Å². The summed E-state index contributed by atoms with van der Waals surface area (Å²) in [5, 5.41) is 16.8. The molecule has 1 aliphatic rings. The van der Waals surface area contributed by atoms with Crippen LogP contribution in [0.4, 0.5) is 10.5 Å². The van der Waals surface area contributed by atoms with E-state index >= 15 is 0 Å². The molecule has 0 saturated carbocycles. The summed E-state index contributed by atoms with van der Waals surface area (Å²) in [5.74, 6) is 0.505. The molecule has 6 nitrogen and oxygen atoms in total. The number of phenolic OH excluding ortho intramolecular Hbond substituents is 1. The van der Waals surface area contributed by atoms with Gasteiger partial charge in [0.1, 0.15) is 5.75 Å². The van der Waals surface area contributed by atoms with E-state index in [-0.39, 0.29) is 28.8 Å². The average molecular weight is 480 g/mol. The fourth-order valence-electron chi connectivity index (χ4n) is 4.54. The number of para-hydroxylation sites is 1. The zero-order chi connectivity index (χ0) is 25.8. The van der Waals surface area contributed by atoms with Gasteiger partial charge in [0.05, 0.1) is 0 Å². The Hall–Kier alpha value is -3.02. The molecular formula is C29H41N3O3. The Labute approximate surface area is 210 Å². The zero-order valence-electron chi connectivity index (χ0n) is 22.1. The van der Waals surface area contributed by atoms with Crippen LogP contribution in [0.2, 0.25) is 0 Å². The van der Waals surface area contributed by atoms with E-state index in [4.69, 9.17) is 0 Å². The SMILES string of the molecule is CC(C)(C)c1cc(CCC(=O)N2CCC(NC(=O)Nc3ccccc3)CC2)cc(C(C)(C)C)c1O. The van der Waals surface area contributed by atoms with Gasteiger partial charge in [-0.2, -0.15) is 0 Å². The number of hydrogen-bond acceptors (Lipinski definition) is 3. The molecule has 6 heteroatoms. The lowest BCUT2D eigenvalue weighted by molar-refractivity contribution is -0.132. The monoisotopic (exact) mass is 479 g/mol. The van der Waals surface area contributed by atoms with E-state index in [0.717, 1.165) is 35.2 Å². The molecule has 1 saturated heterocycles. The van der Waals surface area contributed by atoms with Crippen LogP contribution in [-0.2, 0) is 22.0 Å². The van der Waals surface area contributed by atoms with Gasteiger partial charge in [0.15, 0.2) is 0 Å². The number of aryl methyl sites for hydroxylation is 1. The first-order chi connectivity index (χ1) is 16.3. The molecule has 0 radical (unpaired) electrons. The third-order valence-corrected chi connectivity index (χ3v) is 6.63. The molecule has 0 bridgehead atoms. The van der Waals surface area contributed by atoms with Gasteiger partial charge in [-0.25, -0.2) is 4.79 Å². The zero-order valence-corrected chi connectivity index (χ0v) is 22.1. The minimum Gasteiger partial charge on any atom is -0.507 e. The van der Waals surface area contributed by atoms with Crippen LogP contribution >= 0.6 is 0 Å². The Bertz CT molecular complexity index is 992. The molecule has 0 aromatic heterocycles. The number of carbonyl (C=O) groups is 2. The van der Waals surface area contributed by atoms with Crippen molar-refractivity contribution in [3.05, 3.63) is 59.2 Å². The maximum Gasteiger partial charge on any atom is 0.319 e. The van der Waals surface area contributed by atoms with Crippen molar-refractivity contribution in [1.82, 2.24) is 10.2 Å². The summed E-state index contributed by atoms with van der Waals surface area (Å²) in [4.78, 5) is 27.1. The van der Waals surface area contributed by atoms with Gasteiger partial charge in [-0.3, -0.25) is 4.79 Å². The van der Waals surface area contributed by atoms with Crippen molar-refractivity contribution >= 4 is 17.6 Å². The fourth-order valence-corrected chi connectivity index (χ4v) is 4.54. The second kappa shape index (κ2) is 10.7. The van der Waals surface area contributed by atoms with Crippen molar-refractivity contribution < 1.29 is 14.7 Å². The minimum absolute atomic E-state index is 0.0588. The lowest BCUT2D eigenvalue weighted by Crippen LogP contribution is -2.47. The number of rotatable bonds is 5. The molecule has 3 rings (SSSR count). The summed E-state index contributed by atoms with van der Waals surface area (Å²) >= 11 is 0. The predicted octanol–water partition coefficient (Wildman–Crippen LogP) is 5.73. The number of phenols is 1. The van der Waals surface area contributed by atoms with Crippen molar-refractivity contribution in [1.29, 1.82) is 0 Å². The van der Waals surface area contributed by atoms with Gasteiger partial charge >= 0.3 is 6.03 Å². The molecule has 0 unspecified atom stereocenters. The number of urea groups is 1. The lowest BCUT2D eigenvalue weighted by Gasteiger charge is -2.32. The van der Waals surface area contributed by atoms with Gasteiger partial charge in [-0.05, 0) is 58.9 Å². The van der Waals surface area contributed by atoms with Crippen molar-refractivity contribution in [2.75, 3.05) is 18.4 Å². The number of likely N-dealkylation sites (tertiary alicyclic amines) is 1. The van der Waals surface area contributed by atoms with E-state index in [9.17, 15) is 14.7 Å². The maximum atomic E-state index is 12.9. The second-order valence-corrected chi connectivity index (χ2v) is 11.7. The van der Waals surface area contributed by atoms with Crippen LogP contribution in [0.3, 0.4) is 0 Å². The number of nitrogens with one attached hydrogen (secondary N) is 2. The number of carbonyl (C=O) groups excluding carboxylic acids is 2. The summed E-state index contributed by atoms with van der Waals surface area (Å²) < 4.78 is 0. The molecule has 1 aliphatic heterocycles. The third kappa shape index (κ3) is 7.23. The highest BCUT2D eigenvalue weighted by Gasteiger charge is 2.27. The topological polar surface area (TPSA) is 81.7 Å². The Balaban J connectivity index is 1.54. The predicted molar refractivity (Wildman–Crippen MR) is 142 cm³/mol. The van der Waals surface area contributed by atoms with Crippen LogP contribution in [0.1, 0.15) is 77.5 Å². The van der Waals surface area contributed by atoms with Gasteiger partial charge < -0.3 is 20.6 Å². The Morgan fingerprint density at radius 2 is 1.49 bits per heavy atom. The molecule has 0 spiro atoms. The van der Waals surface area contributed by atoms with Crippen molar-refractivity contribution in [2.45, 2.75) is 84.1 Å². The van der Waals surface area contributed by atoms with Crippen LogP contribution in [0.15, 0.2) is 42.5 Å². The van der Waals surface area contributed by atoms with E-state index in [0.29, 0.717) is 31.7 Å². The summed E-state index contributed by atoms with van der Waals surface area (Å²) in [6.07, 6.45) is 2.57. The standard InChI is InChI=1S/C29H41N3O3/c1-28(2,3)23-18-20(19-24(26(23)34)29(4,5)6)12-13-25(33)32-16-14-22(15-17-32)31-27(35)30-21-10-8-7-9-11-21/h7-11,18-19,22,34H,12-17H2,1-6H3,(H2,30,31,35). The highest BCUT2D eigenvalue weighted by Crippen LogP contribution is 2.40. The molecule has 0 atom stereocenters. The molecule has 1 heterocycles. The molecule has 190 valence electrons. The Kier molecular flexibility index (Phi) is 8.14. The van der Waals surface area contributed by atoms with Gasteiger partial charge in [0.2, 0.25) is 5.91 Å². The number of nitrogens with zero attached hydrogens (tertiary/aromatic N) is 1. The quantitative estimate of drug-likeness (QED) is 0.512. The first kappa shape index (κ1) is 26.6. The number of amides is 3. The molecule has 3 N–H and O–H groups in total. The van der Waals surface area contributed by atoms with Crippen molar-refractivity contribution in [3.63, 3.8) is 0 Å². The Morgan fingerprint density at radius 3 is 2.00 bits per heavy atom. The normalized spacial score (nSPS) is 15.1. The number of benzene rings is 2. The van der Waals surface area contributed by atoms with Crippen LogP contribution in [0, 0.1) is 0 Å². The van der Waals surface area contributed by atoms with E-state index in [2.05, 4.69) is 64.3 Å². The van der Waals surface area contributed by atoms with Gasteiger partial charge in [-0.1, -0.05) is 71.9 Å². The average Bonchev–Trinajstić information content (AvgIpc) is 2.77. The third-order valence-electron chi connectivity index (χ3n) is 6.63. The smallest absolute Gasteiger partial charge is 0.319 e. The fraction of sp³-hybridized carbons (Fsp3) is 0.517. The van der Waals surface area contributed by atoms with Crippen LogP contribution in [0.5, 0.6) is 5.75 Å². The molecule has 2 aromatic carbocycles. The van der Waals surface area contributed by atoms with Crippen molar-refractivity contribution in [2.24, 2.45) is 0 Å². The van der Waals surface area contributed by atoms with Gasteiger partial charge in [0, 0.05) is 31.2 Å². The first-order valence-corrected chi connectivity index (χ1v) is 12.6. The summed E-state index contributed by atoms with van der Waals surface area (Å²) in [6, 6.07) is 13.3. The van der Waals surface area contributed by atoms with E-state index in [1.165, 1.54) is 0 Å². The lowest BCUT2D eigenvalue weighted by atomic mass is 9.78. The number of anilines is 1. The first-order valence-electron chi connectivity index (χ1n) is 12.6. The highest BCUT2D eigenvalue weighted by atomic mass is 16.3. The number of hydrogen-bond donors (Lipinski definition) is 3. The molecule has 35 heavy (non-hydrogen) atoms. The minimum atomic E-state index is -0.211. The van der Waals surface area contributed by atoms with Crippen LogP contribution in [0.25, 0.3) is 0 Å². The summed E-state index contributed by atoms with van der Waals surface area (Å²) in [6.45, 7) is 13.9. The van der Waals surface area contributed by atoms with Crippen LogP contribution < -0.4 is 10.6 Å². The molecule has 1 fully saturated rings. The molecule has 2 aromatic rings. The summed E-state index contributed by atoms with van der Waals surface area (Å²) in [7, 11) is 0. The number of aromatic hydroxyl groups is 1. The Morgan fingerprint density at radius 1 is 0.943 bits per heavy atom. The van der Waals surface area contributed by atoms with E-state index in [1.807, 2.05) is 35.2 Å². The molecule has 3 amide bonds. The van der Waals surface area contributed by atoms with Gasteiger partial charge in [0.25, 0.3) is 0 Å². The number of piperidine rings is 1. The largest absolute Gasteiger partial charge is 0.507 e.